The summed E-state index contributed by atoms with van der Waals surface area (Å²) in [5, 5.41) is 2.89. The summed E-state index contributed by atoms with van der Waals surface area (Å²) < 4.78 is 5.77. The Morgan fingerprint density at radius 2 is 1.80 bits per heavy atom. The molecule has 3 rings (SSSR count). The Bertz CT molecular complexity index is 804. The van der Waals surface area contributed by atoms with Gasteiger partial charge in [-0.25, -0.2) is 0 Å². The van der Waals surface area contributed by atoms with Crippen molar-refractivity contribution in [2.75, 3.05) is 6.61 Å². The van der Waals surface area contributed by atoms with Gasteiger partial charge in [0.25, 0.3) is 5.91 Å². The molecular weight excluding hydrogens is 312 g/mol. The largest absolute Gasteiger partial charge is 0.493 e. The molecule has 0 bridgehead atoms. The Morgan fingerprint density at radius 1 is 0.960 bits per heavy atom. The molecule has 0 aliphatic carbocycles. The third kappa shape index (κ3) is 5.18. The number of ether oxygens (including phenoxy) is 1. The summed E-state index contributed by atoms with van der Waals surface area (Å²) in [7, 11) is 0. The van der Waals surface area contributed by atoms with Crippen molar-refractivity contribution in [2.45, 2.75) is 13.0 Å². The summed E-state index contributed by atoms with van der Waals surface area (Å²) in [4.78, 5) is 16.3. The maximum atomic E-state index is 12.3. The van der Waals surface area contributed by atoms with Crippen LogP contribution in [0.5, 0.6) is 5.75 Å². The molecule has 4 nitrogen and oxygen atoms in total. The van der Waals surface area contributed by atoms with Crippen molar-refractivity contribution in [3.8, 4) is 5.75 Å². The summed E-state index contributed by atoms with van der Waals surface area (Å²) in [6.45, 7) is 1.02. The van der Waals surface area contributed by atoms with Gasteiger partial charge in [-0.05, 0) is 35.4 Å². The molecule has 25 heavy (non-hydrogen) atoms. The molecule has 4 heteroatoms. The first-order chi connectivity index (χ1) is 12.3. The number of benzene rings is 2. The average molecular weight is 332 g/mol. The molecule has 3 aromatic rings. The number of rotatable bonds is 7. The van der Waals surface area contributed by atoms with Gasteiger partial charge in [0.2, 0.25) is 0 Å². The van der Waals surface area contributed by atoms with Gasteiger partial charge in [-0.1, -0.05) is 42.5 Å². The van der Waals surface area contributed by atoms with Crippen LogP contribution in [0.15, 0.2) is 79.1 Å². The summed E-state index contributed by atoms with van der Waals surface area (Å²) in [5.41, 5.74) is 2.78. The van der Waals surface area contributed by atoms with E-state index in [9.17, 15) is 4.79 Å². The molecule has 0 spiro atoms. The second-order valence-corrected chi connectivity index (χ2v) is 5.66. The number of hydrogen-bond acceptors (Lipinski definition) is 3. The van der Waals surface area contributed by atoms with E-state index in [0.29, 0.717) is 24.5 Å². The van der Waals surface area contributed by atoms with Crippen LogP contribution in [0.3, 0.4) is 0 Å². The molecule has 0 saturated carbocycles. The molecule has 1 heterocycles. The highest BCUT2D eigenvalue weighted by Crippen LogP contribution is 2.14. The predicted molar refractivity (Wildman–Crippen MR) is 97.5 cm³/mol. The number of carbonyl (C=O) groups excluding carboxylic acids is 1. The highest BCUT2D eigenvalue weighted by atomic mass is 16.5. The van der Waals surface area contributed by atoms with E-state index in [1.807, 2.05) is 42.5 Å². The number of hydrogen-bond donors (Lipinski definition) is 1. The fourth-order valence-corrected chi connectivity index (χ4v) is 2.45. The first-order valence-electron chi connectivity index (χ1n) is 8.25. The smallest absolute Gasteiger partial charge is 0.251 e. The Kier molecular flexibility index (Phi) is 5.77. The topological polar surface area (TPSA) is 51.2 Å². The first kappa shape index (κ1) is 16.7. The van der Waals surface area contributed by atoms with Crippen LogP contribution >= 0.6 is 0 Å². The van der Waals surface area contributed by atoms with Crippen LogP contribution < -0.4 is 10.1 Å². The normalized spacial score (nSPS) is 10.2. The number of pyridine rings is 1. The Morgan fingerprint density at radius 3 is 2.60 bits per heavy atom. The Hall–Kier alpha value is -3.14. The molecule has 1 aromatic heterocycles. The van der Waals surface area contributed by atoms with Crippen LogP contribution in [-0.4, -0.2) is 17.5 Å². The lowest BCUT2D eigenvalue weighted by atomic mass is 10.1. The molecule has 0 fully saturated rings. The predicted octanol–water partition coefficient (Wildman–Crippen LogP) is 3.63. The lowest BCUT2D eigenvalue weighted by molar-refractivity contribution is 0.0950. The minimum atomic E-state index is -0.127. The lowest BCUT2D eigenvalue weighted by Gasteiger charge is -2.09. The summed E-state index contributed by atoms with van der Waals surface area (Å²) in [6.07, 6.45) is 4.28. The van der Waals surface area contributed by atoms with Crippen LogP contribution in [0.4, 0.5) is 0 Å². The molecule has 126 valence electrons. The highest BCUT2D eigenvalue weighted by molar-refractivity contribution is 5.94. The maximum Gasteiger partial charge on any atom is 0.251 e. The van der Waals surface area contributed by atoms with Crippen molar-refractivity contribution >= 4 is 5.91 Å². The van der Waals surface area contributed by atoms with E-state index < -0.39 is 0 Å². The number of nitrogens with zero attached hydrogens (tertiary/aromatic N) is 1. The van der Waals surface area contributed by atoms with E-state index >= 15 is 0 Å². The van der Waals surface area contributed by atoms with Crippen molar-refractivity contribution < 1.29 is 9.53 Å². The SMILES string of the molecule is O=C(NCc1cccnc1)c1cccc(OCCc2ccccc2)c1. The van der Waals surface area contributed by atoms with E-state index in [1.54, 1.807) is 24.5 Å². The van der Waals surface area contributed by atoms with Gasteiger partial charge in [-0.15, -0.1) is 0 Å². The fourth-order valence-electron chi connectivity index (χ4n) is 2.45. The van der Waals surface area contributed by atoms with Crippen LogP contribution in [0, 0.1) is 0 Å². The lowest BCUT2D eigenvalue weighted by Crippen LogP contribution is -2.22. The number of nitrogens with one attached hydrogen (secondary N) is 1. The van der Waals surface area contributed by atoms with Crippen molar-refractivity contribution in [1.82, 2.24) is 10.3 Å². The van der Waals surface area contributed by atoms with E-state index in [-0.39, 0.29) is 5.91 Å². The quantitative estimate of drug-likeness (QED) is 0.719. The van der Waals surface area contributed by atoms with Gasteiger partial charge in [-0.2, -0.15) is 0 Å². The van der Waals surface area contributed by atoms with Gasteiger partial charge in [0.1, 0.15) is 5.75 Å². The number of carbonyl (C=O) groups is 1. The van der Waals surface area contributed by atoms with Gasteiger partial charge >= 0.3 is 0 Å². The second kappa shape index (κ2) is 8.64. The Labute approximate surface area is 147 Å². The zero-order chi connectivity index (χ0) is 17.3. The second-order valence-electron chi connectivity index (χ2n) is 5.66. The van der Waals surface area contributed by atoms with Crippen LogP contribution in [0.1, 0.15) is 21.5 Å². The molecule has 0 radical (unpaired) electrons. The van der Waals surface area contributed by atoms with Gasteiger partial charge in [-0.3, -0.25) is 9.78 Å². The van der Waals surface area contributed by atoms with E-state index in [0.717, 1.165) is 12.0 Å². The van der Waals surface area contributed by atoms with E-state index in [2.05, 4.69) is 22.4 Å². The summed E-state index contributed by atoms with van der Waals surface area (Å²) in [6, 6.07) is 21.2. The third-order valence-electron chi connectivity index (χ3n) is 3.77. The zero-order valence-corrected chi connectivity index (χ0v) is 13.9. The van der Waals surface area contributed by atoms with Gasteiger partial charge in [0, 0.05) is 30.9 Å². The van der Waals surface area contributed by atoms with Crippen molar-refractivity contribution in [3.63, 3.8) is 0 Å². The van der Waals surface area contributed by atoms with Gasteiger partial charge in [0.05, 0.1) is 6.61 Å². The van der Waals surface area contributed by atoms with Crippen molar-refractivity contribution in [2.24, 2.45) is 0 Å². The minimum Gasteiger partial charge on any atom is -0.493 e. The molecule has 0 aliphatic rings. The third-order valence-corrected chi connectivity index (χ3v) is 3.77. The molecule has 2 aromatic carbocycles. The van der Waals surface area contributed by atoms with Gasteiger partial charge < -0.3 is 10.1 Å². The molecular formula is C21H20N2O2. The summed E-state index contributed by atoms with van der Waals surface area (Å²) >= 11 is 0. The fraction of sp³-hybridized carbons (Fsp3) is 0.143. The van der Waals surface area contributed by atoms with Crippen LogP contribution in [-0.2, 0) is 13.0 Å². The standard InChI is InChI=1S/C21H20N2O2/c24-21(23-16-18-8-5-12-22-15-18)19-9-4-10-20(14-19)25-13-11-17-6-2-1-3-7-17/h1-10,12,14-15H,11,13,16H2,(H,23,24). The Balaban J connectivity index is 1.52. The van der Waals surface area contributed by atoms with E-state index in [1.165, 1.54) is 5.56 Å². The molecule has 1 N–H and O–H groups in total. The summed E-state index contributed by atoms with van der Waals surface area (Å²) in [5.74, 6) is 0.572. The number of amides is 1. The first-order valence-corrected chi connectivity index (χ1v) is 8.25. The molecule has 1 amide bonds. The van der Waals surface area contributed by atoms with Crippen LogP contribution in [0.2, 0.25) is 0 Å². The molecule has 0 saturated heterocycles. The number of aromatic nitrogens is 1. The van der Waals surface area contributed by atoms with Crippen molar-refractivity contribution in [1.29, 1.82) is 0 Å². The molecule has 0 unspecified atom stereocenters. The highest BCUT2D eigenvalue weighted by Gasteiger charge is 2.07. The molecule has 0 atom stereocenters. The maximum absolute atomic E-state index is 12.3. The minimum absolute atomic E-state index is 0.127. The zero-order valence-electron chi connectivity index (χ0n) is 13.9. The van der Waals surface area contributed by atoms with Crippen LogP contribution in [0.25, 0.3) is 0 Å². The van der Waals surface area contributed by atoms with Crippen molar-refractivity contribution in [3.05, 3.63) is 95.8 Å². The van der Waals surface area contributed by atoms with E-state index in [4.69, 9.17) is 4.74 Å². The molecule has 0 aliphatic heterocycles. The average Bonchev–Trinajstić information content (AvgIpc) is 2.68. The monoisotopic (exact) mass is 332 g/mol. The van der Waals surface area contributed by atoms with Gasteiger partial charge in [0.15, 0.2) is 0 Å².